The molecule has 1 aliphatic heterocycles. The van der Waals surface area contributed by atoms with E-state index in [0.717, 1.165) is 37.4 Å². The van der Waals surface area contributed by atoms with Crippen LogP contribution >= 0.6 is 0 Å². The molecule has 2 rings (SSSR count). The van der Waals surface area contributed by atoms with E-state index in [1.54, 1.807) is 0 Å². The van der Waals surface area contributed by atoms with Crippen LogP contribution in [0.25, 0.3) is 0 Å². The van der Waals surface area contributed by atoms with Crippen LogP contribution in [-0.4, -0.2) is 42.9 Å². The third-order valence-electron chi connectivity index (χ3n) is 3.74. The third-order valence-corrected chi connectivity index (χ3v) is 3.74. The van der Waals surface area contributed by atoms with Crippen molar-refractivity contribution in [2.24, 2.45) is 11.7 Å². The molecule has 0 radical (unpaired) electrons. The highest BCUT2D eigenvalue weighted by Crippen LogP contribution is 2.19. The van der Waals surface area contributed by atoms with Gasteiger partial charge in [0.15, 0.2) is 0 Å². The predicted octanol–water partition coefficient (Wildman–Crippen LogP) is 1.23. The second kappa shape index (κ2) is 7.48. The van der Waals surface area contributed by atoms with Crippen LogP contribution in [0.4, 0.5) is 0 Å². The highest BCUT2D eigenvalue weighted by molar-refractivity contribution is 5.27. The molecule has 106 valence electrons. The normalized spacial score (nSPS) is 19.8. The lowest BCUT2D eigenvalue weighted by Crippen LogP contribution is -2.26. The summed E-state index contributed by atoms with van der Waals surface area (Å²) < 4.78 is 5.73. The molecule has 1 heterocycles. The summed E-state index contributed by atoms with van der Waals surface area (Å²) in [6.45, 7) is 4.77. The van der Waals surface area contributed by atoms with Crippen LogP contribution in [0.2, 0.25) is 0 Å². The van der Waals surface area contributed by atoms with E-state index in [1.165, 1.54) is 6.42 Å². The topological polar surface area (TPSA) is 58.7 Å². The Balaban J connectivity index is 1.66. The van der Waals surface area contributed by atoms with Crippen LogP contribution in [0.3, 0.4) is 0 Å². The van der Waals surface area contributed by atoms with Gasteiger partial charge in [-0.1, -0.05) is 12.1 Å². The monoisotopic (exact) mass is 264 g/mol. The number of nitrogens with zero attached hydrogens (tertiary/aromatic N) is 1. The van der Waals surface area contributed by atoms with Gasteiger partial charge >= 0.3 is 0 Å². The van der Waals surface area contributed by atoms with Crippen molar-refractivity contribution in [1.29, 1.82) is 0 Å². The zero-order valence-corrected chi connectivity index (χ0v) is 11.4. The van der Waals surface area contributed by atoms with Crippen LogP contribution in [0.15, 0.2) is 24.3 Å². The van der Waals surface area contributed by atoms with Crippen molar-refractivity contribution < 1.29 is 9.84 Å². The van der Waals surface area contributed by atoms with Crippen molar-refractivity contribution in [3.05, 3.63) is 29.8 Å². The van der Waals surface area contributed by atoms with Gasteiger partial charge in [0.2, 0.25) is 0 Å². The standard InChI is InChI=1S/C15H24N2O2/c16-11-13-1-3-15(4-2-13)19-10-8-17-7-5-14(12-17)6-9-18/h1-4,14,18H,5-12,16H2. The summed E-state index contributed by atoms with van der Waals surface area (Å²) in [5.74, 6) is 1.57. The first-order valence-corrected chi connectivity index (χ1v) is 7.07. The smallest absolute Gasteiger partial charge is 0.119 e. The molecule has 0 bridgehead atoms. The summed E-state index contributed by atoms with van der Waals surface area (Å²) in [4.78, 5) is 2.41. The number of nitrogens with two attached hydrogens (primary N) is 1. The zero-order chi connectivity index (χ0) is 13.5. The fourth-order valence-electron chi connectivity index (χ4n) is 2.55. The molecule has 0 aromatic heterocycles. The Kier molecular flexibility index (Phi) is 5.63. The first-order chi connectivity index (χ1) is 9.31. The maximum Gasteiger partial charge on any atom is 0.119 e. The highest BCUT2D eigenvalue weighted by Gasteiger charge is 2.21. The van der Waals surface area contributed by atoms with Gasteiger partial charge in [-0.05, 0) is 43.0 Å². The average molecular weight is 264 g/mol. The molecular weight excluding hydrogens is 240 g/mol. The molecule has 4 nitrogen and oxygen atoms in total. The minimum atomic E-state index is 0.308. The molecule has 19 heavy (non-hydrogen) atoms. The number of likely N-dealkylation sites (tertiary alicyclic amines) is 1. The minimum Gasteiger partial charge on any atom is -0.492 e. The molecular formula is C15H24N2O2. The molecule has 1 fully saturated rings. The summed E-state index contributed by atoms with van der Waals surface area (Å²) in [5, 5.41) is 8.93. The molecule has 1 aromatic carbocycles. The summed E-state index contributed by atoms with van der Waals surface area (Å²) in [7, 11) is 0. The van der Waals surface area contributed by atoms with Gasteiger partial charge < -0.3 is 15.6 Å². The Bertz CT molecular complexity index is 367. The molecule has 3 N–H and O–H groups in total. The van der Waals surface area contributed by atoms with E-state index in [9.17, 15) is 0 Å². The highest BCUT2D eigenvalue weighted by atomic mass is 16.5. The van der Waals surface area contributed by atoms with Gasteiger partial charge in [-0.3, -0.25) is 4.90 Å². The second-order valence-electron chi connectivity index (χ2n) is 5.16. The molecule has 0 amide bonds. The van der Waals surface area contributed by atoms with Crippen molar-refractivity contribution >= 4 is 0 Å². The molecule has 1 aromatic rings. The van der Waals surface area contributed by atoms with Crippen molar-refractivity contribution in [2.45, 2.75) is 19.4 Å². The van der Waals surface area contributed by atoms with Crippen molar-refractivity contribution in [3.8, 4) is 5.75 Å². The molecule has 0 saturated carbocycles. The summed E-state index contributed by atoms with van der Waals surface area (Å²) in [6.07, 6.45) is 2.13. The summed E-state index contributed by atoms with van der Waals surface area (Å²) >= 11 is 0. The molecule has 1 unspecified atom stereocenters. The third kappa shape index (κ3) is 4.49. The maximum absolute atomic E-state index is 8.93. The minimum absolute atomic E-state index is 0.308. The van der Waals surface area contributed by atoms with Gasteiger partial charge in [-0.2, -0.15) is 0 Å². The largest absolute Gasteiger partial charge is 0.492 e. The van der Waals surface area contributed by atoms with E-state index < -0.39 is 0 Å². The average Bonchev–Trinajstić information content (AvgIpc) is 2.88. The van der Waals surface area contributed by atoms with Crippen LogP contribution in [0.5, 0.6) is 5.75 Å². The number of ether oxygens (including phenoxy) is 1. The summed E-state index contributed by atoms with van der Waals surface area (Å²) in [5.41, 5.74) is 6.68. The Hall–Kier alpha value is -1.10. The lowest BCUT2D eigenvalue weighted by Gasteiger charge is -2.16. The van der Waals surface area contributed by atoms with Crippen LogP contribution in [-0.2, 0) is 6.54 Å². The number of hydrogen-bond donors (Lipinski definition) is 2. The van der Waals surface area contributed by atoms with Gasteiger partial charge in [0.1, 0.15) is 12.4 Å². The number of rotatable bonds is 7. The first kappa shape index (κ1) is 14.3. The quantitative estimate of drug-likeness (QED) is 0.777. The maximum atomic E-state index is 8.93. The van der Waals surface area contributed by atoms with Gasteiger partial charge in [-0.15, -0.1) is 0 Å². The Morgan fingerprint density at radius 2 is 2.11 bits per heavy atom. The van der Waals surface area contributed by atoms with Gasteiger partial charge in [0.05, 0.1) is 0 Å². The van der Waals surface area contributed by atoms with E-state index in [1.807, 2.05) is 24.3 Å². The van der Waals surface area contributed by atoms with E-state index in [0.29, 0.717) is 25.7 Å². The van der Waals surface area contributed by atoms with E-state index in [4.69, 9.17) is 15.6 Å². The van der Waals surface area contributed by atoms with Crippen molar-refractivity contribution in [3.63, 3.8) is 0 Å². The number of benzene rings is 1. The second-order valence-corrected chi connectivity index (χ2v) is 5.16. The Morgan fingerprint density at radius 1 is 1.32 bits per heavy atom. The Morgan fingerprint density at radius 3 is 2.79 bits per heavy atom. The van der Waals surface area contributed by atoms with E-state index in [-0.39, 0.29) is 0 Å². The summed E-state index contributed by atoms with van der Waals surface area (Å²) in [6, 6.07) is 7.95. The van der Waals surface area contributed by atoms with Gasteiger partial charge in [-0.25, -0.2) is 0 Å². The first-order valence-electron chi connectivity index (χ1n) is 7.07. The molecule has 4 heteroatoms. The van der Waals surface area contributed by atoms with E-state index in [2.05, 4.69) is 4.90 Å². The van der Waals surface area contributed by atoms with Crippen LogP contribution in [0, 0.1) is 5.92 Å². The van der Waals surface area contributed by atoms with Crippen LogP contribution in [0.1, 0.15) is 18.4 Å². The van der Waals surface area contributed by atoms with Gasteiger partial charge in [0.25, 0.3) is 0 Å². The fraction of sp³-hybridized carbons (Fsp3) is 0.600. The SMILES string of the molecule is NCc1ccc(OCCN2CCC(CCO)C2)cc1. The number of aliphatic hydroxyl groups is 1. The lowest BCUT2D eigenvalue weighted by molar-refractivity contribution is 0.222. The molecule has 0 aliphatic carbocycles. The van der Waals surface area contributed by atoms with Gasteiger partial charge in [0, 0.05) is 26.2 Å². The molecule has 1 atom stereocenters. The Labute approximate surface area is 115 Å². The van der Waals surface area contributed by atoms with Crippen LogP contribution < -0.4 is 10.5 Å². The van der Waals surface area contributed by atoms with Crippen molar-refractivity contribution in [1.82, 2.24) is 4.90 Å². The predicted molar refractivity (Wildman–Crippen MR) is 76.1 cm³/mol. The zero-order valence-electron chi connectivity index (χ0n) is 11.4. The fourth-order valence-corrected chi connectivity index (χ4v) is 2.55. The molecule has 1 aliphatic rings. The number of hydrogen-bond acceptors (Lipinski definition) is 4. The molecule has 1 saturated heterocycles. The molecule has 0 spiro atoms. The van der Waals surface area contributed by atoms with Crippen molar-refractivity contribution in [2.75, 3.05) is 32.8 Å². The number of aliphatic hydroxyl groups excluding tert-OH is 1. The van der Waals surface area contributed by atoms with E-state index >= 15 is 0 Å². The lowest BCUT2D eigenvalue weighted by atomic mass is 10.1.